The van der Waals surface area contributed by atoms with Crippen LogP contribution in [0.4, 0.5) is 0 Å². The molecule has 0 radical (unpaired) electrons. The third kappa shape index (κ3) is 91.5. The summed E-state index contributed by atoms with van der Waals surface area (Å²) in [5.74, 6) is -1.60. The van der Waals surface area contributed by atoms with Crippen LogP contribution in [-0.2, 0) is 55.8 Å². The van der Waals surface area contributed by atoms with Gasteiger partial charge in [-0.2, -0.15) is 0 Å². The minimum absolute atomic E-state index is 0.0722. The summed E-state index contributed by atoms with van der Waals surface area (Å²) in [6, 6.07) is 0. The second-order valence-electron chi connectivity index (χ2n) is 30.7. The average molecular weight is 1680 g/mol. The van der Waals surface area contributed by atoms with Gasteiger partial charge in [-0.1, -0.05) is 377 Å². The molecule has 0 fully saturated rings. The molecule has 0 amide bonds. The molecule has 0 aromatic rings. The fraction of sp³-hybridized carbons (Fsp3) is 0.687. The van der Waals surface area contributed by atoms with Gasteiger partial charge in [-0.05, 0) is 154 Å². The molecule has 4 N–H and O–H groups in total. The number of ether oxygens (including phenoxy) is 3. The van der Waals surface area contributed by atoms with E-state index >= 15 is 0 Å². The monoisotopic (exact) mass is 1680 g/mol. The Morgan fingerprint density at radius 2 is 0.453 bits per heavy atom. The molecule has 0 heterocycles. The van der Waals surface area contributed by atoms with Gasteiger partial charge in [0.05, 0.1) is 26.4 Å². The van der Waals surface area contributed by atoms with Gasteiger partial charge in [0.2, 0.25) is 0 Å². The van der Waals surface area contributed by atoms with Crippen molar-refractivity contribution in [3.8, 4) is 0 Å². The van der Waals surface area contributed by atoms with Gasteiger partial charge < -0.3 is 34.2 Å². The molecule has 18 heteroatoms. The van der Waals surface area contributed by atoms with Crippen LogP contribution in [-0.4, -0.2) is 95.9 Å². The number of aliphatic hydroxyl groups is 2. The molecule has 0 aliphatic heterocycles. The number of carbonyl (C=O) groups excluding carboxylic acids is 3. The highest BCUT2D eigenvalue weighted by Gasteiger charge is 2.29. The molecule has 0 aliphatic carbocycles. The van der Waals surface area contributed by atoms with Gasteiger partial charge in [0.25, 0.3) is 0 Å². The number of phosphoric acid groups is 2. The lowest BCUT2D eigenvalue weighted by Gasteiger charge is -2.21. The van der Waals surface area contributed by atoms with Crippen molar-refractivity contribution in [1.29, 1.82) is 0 Å². The van der Waals surface area contributed by atoms with E-state index in [1.807, 2.05) is 0 Å². The highest BCUT2D eigenvalue weighted by molar-refractivity contribution is 7.47. The SMILES string of the molecule is CC/C=C\C/C=C\C/C=C\C/C=C\C/C=C\C/C=C\CCCCCCCCCCCCCCC(=O)OCC(COP(=O)(O)OCC(O)COP(=O)(O)OCC(O)COC(=O)CCCCCCCCCCCCCCCCCCC/C=C\C/C=C\C/C=C\C/C=C\CCCCC)OC(=O)CCCCCC/C=C\C/C=C\C/C=C\C/C=C\CC. The topological polar surface area (TPSA) is 231 Å². The molecule has 5 unspecified atom stereocenters. The molecule has 0 saturated carbocycles. The highest BCUT2D eigenvalue weighted by Crippen LogP contribution is 2.45. The molecule has 117 heavy (non-hydrogen) atoms. The maximum atomic E-state index is 13.0. The van der Waals surface area contributed by atoms with Gasteiger partial charge in [0.15, 0.2) is 6.10 Å². The lowest BCUT2D eigenvalue weighted by Crippen LogP contribution is -2.30. The molecule has 0 bridgehead atoms. The molecule has 16 nitrogen and oxygen atoms in total. The standard InChI is InChI=1S/C99H168O16P2/c1-4-7-10-13-16-19-22-25-28-31-33-35-37-39-41-43-45-46-48-50-51-53-55-57-59-62-64-67-70-73-76-79-82-85-97(102)109-88-94(100)89-111-116(105,106)112-90-95(101)91-113-117(107,108)114-93-96(115-99(104)87-84-81-78-75-72-69-66-61-30-27-24-21-18-15-12-9-6-3)92-110-98(103)86-83-80-77-74-71-68-65-63-60-58-56-54-52-49-47-44-42-40-38-36-34-32-29-26-23-20-17-14-11-8-5-2/h8-9,11-12,16-21,25-30,33-36,39-42,47,49,66,69,94-96,100-101H,4-7,10,13-15,22-24,31-32,37-38,43-46,48,50-65,67-68,70-93H2,1-3H3,(H,105,106)(H,107,108)/b11-8-,12-9-,19-16-,20-17-,21-18-,28-25-,29-26-,30-27-,35-33-,36-34-,41-39-,42-40-,49-47-,69-66-. The normalized spacial score (nSPS) is 14.6. The molecule has 0 spiro atoms. The molecular weight excluding hydrogens is 1510 g/mol. The van der Waals surface area contributed by atoms with Crippen LogP contribution < -0.4 is 0 Å². The maximum Gasteiger partial charge on any atom is 0.472 e. The summed E-state index contributed by atoms with van der Waals surface area (Å²) in [5.41, 5.74) is 0. The van der Waals surface area contributed by atoms with E-state index in [0.717, 1.165) is 161 Å². The Labute approximate surface area is 713 Å². The number of phosphoric ester groups is 2. The van der Waals surface area contributed by atoms with Crippen molar-refractivity contribution in [2.75, 3.05) is 39.6 Å². The number of unbranched alkanes of at least 4 members (excludes halogenated alkanes) is 36. The van der Waals surface area contributed by atoms with E-state index < -0.39 is 91.5 Å². The van der Waals surface area contributed by atoms with Crippen molar-refractivity contribution in [2.45, 2.75) is 399 Å². The van der Waals surface area contributed by atoms with Crippen LogP contribution in [0.3, 0.4) is 0 Å². The Hall–Kier alpha value is -5.09. The van der Waals surface area contributed by atoms with Crippen LogP contribution in [0.1, 0.15) is 380 Å². The Bertz CT molecular complexity index is 2810. The summed E-state index contributed by atoms with van der Waals surface area (Å²) in [6.07, 6.45) is 117. The first-order chi connectivity index (χ1) is 57.2. The second-order valence-corrected chi connectivity index (χ2v) is 33.6. The third-order valence-electron chi connectivity index (χ3n) is 19.4. The minimum atomic E-state index is -4.95. The number of carbonyl (C=O) groups is 3. The smallest absolute Gasteiger partial charge is 0.463 e. The quantitative estimate of drug-likeness (QED) is 0.0146. The summed E-state index contributed by atoms with van der Waals surface area (Å²) in [5, 5.41) is 20.7. The predicted octanol–water partition coefficient (Wildman–Crippen LogP) is 28.7. The van der Waals surface area contributed by atoms with Crippen molar-refractivity contribution in [2.24, 2.45) is 0 Å². The molecular formula is C99H168O16P2. The number of hydrogen-bond donors (Lipinski definition) is 4. The maximum absolute atomic E-state index is 13.0. The molecule has 0 rings (SSSR count). The first kappa shape index (κ1) is 112. The van der Waals surface area contributed by atoms with Crippen LogP contribution >= 0.6 is 15.6 Å². The summed E-state index contributed by atoms with van der Waals surface area (Å²) in [4.78, 5) is 58.9. The Kier molecular flexibility index (Phi) is 86.2. The van der Waals surface area contributed by atoms with Crippen LogP contribution in [0, 0.1) is 0 Å². The number of aliphatic hydroxyl groups excluding tert-OH is 2. The minimum Gasteiger partial charge on any atom is -0.463 e. The van der Waals surface area contributed by atoms with Gasteiger partial charge in [0, 0.05) is 19.3 Å². The molecule has 0 saturated heterocycles. The Morgan fingerprint density at radius 1 is 0.248 bits per heavy atom. The van der Waals surface area contributed by atoms with Crippen molar-refractivity contribution in [3.63, 3.8) is 0 Å². The van der Waals surface area contributed by atoms with E-state index in [1.165, 1.54) is 161 Å². The Balaban J connectivity index is 4.51. The van der Waals surface area contributed by atoms with E-state index in [4.69, 9.17) is 32.3 Å². The van der Waals surface area contributed by atoms with E-state index in [-0.39, 0.29) is 19.3 Å². The van der Waals surface area contributed by atoms with Gasteiger partial charge in [-0.3, -0.25) is 32.5 Å². The van der Waals surface area contributed by atoms with Gasteiger partial charge in [-0.25, -0.2) is 9.13 Å². The largest absolute Gasteiger partial charge is 0.472 e. The second kappa shape index (κ2) is 90.2. The summed E-state index contributed by atoms with van der Waals surface area (Å²) < 4.78 is 61.4. The number of hydrogen-bond acceptors (Lipinski definition) is 14. The highest BCUT2D eigenvalue weighted by atomic mass is 31.2. The van der Waals surface area contributed by atoms with Crippen LogP contribution in [0.15, 0.2) is 170 Å². The summed E-state index contributed by atoms with van der Waals surface area (Å²) in [7, 11) is -9.82. The van der Waals surface area contributed by atoms with E-state index in [1.54, 1.807) is 0 Å². The van der Waals surface area contributed by atoms with Gasteiger partial charge >= 0.3 is 33.6 Å². The third-order valence-corrected chi connectivity index (χ3v) is 21.3. The first-order valence-electron chi connectivity index (χ1n) is 46.4. The van der Waals surface area contributed by atoms with Gasteiger partial charge in [0.1, 0.15) is 25.4 Å². The van der Waals surface area contributed by atoms with E-state index in [9.17, 15) is 43.5 Å². The van der Waals surface area contributed by atoms with Gasteiger partial charge in [-0.15, -0.1) is 0 Å². The number of esters is 3. The molecule has 670 valence electrons. The predicted molar refractivity (Wildman–Crippen MR) is 491 cm³/mol. The lowest BCUT2D eigenvalue weighted by molar-refractivity contribution is -0.161. The average Bonchev–Trinajstić information content (AvgIpc) is 0.894. The van der Waals surface area contributed by atoms with Crippen molar-refractivity contribution < 1.29 is 75.8 Å². The van der Waals surface area contributed by atoms with Crippen LogP contribution in [0.2, 0.25) is 0 Å². The fourth-order valence-electron chi connectivity index (χ4n) is 12.4. The lowest BCUT2D eigenvalue weighted by atomic mass is 10.0. The summed E-state index contributed by atoms with van der Waals surface area (Å²) >= 11 is 0. The van der Waals surface area contributed by atoms with Crippen molar-refractivity contribution in [3.05, 3.63) is 170 Å². The molecule has 0 aromatic heterocycles. The molecule has 5 atom stereocenters. The van der Waals surface area contributed by atoms with Crippen LogP contribution in [0.5, 0.6) is 0 Å². The zero-order valence-corrected chi connectivity index (χ0v) is 75.6. The van der Waals surface area contributed by atoms with Crippen molar-refractivity contribution >= 4 is 33.6 Å². The fourth-order valence-corrected chi connectivity index (χ4v) is 14.0. The first-order valence-corrected chi connectivity index (χ1v) is 49.4. The van der Waals surface area contributed by atoms with E-state index in [2.05, 4.69) is 191 Å². The zero-order chi connectivity index (χ0) is 85.1. The van der Waals surface area contributed by atoms with Crippen molar-refractivity contribution in [1.82, 2.24) is 0 Å². The molecule has 0 aromatic carbocycles. The Morgan fingerprint density at radius 3 is 0.718 bits per heavy atom. The zero-order valence-electron chi connectivity index (χ0n) is 73.8. The summed E-state index contributed by atoms with van der Waals surface area (Å²) in [6.45, 7) is 2.43. The molecule has 0 aliphatic rings. The van der Waals surface area contributed by atoms with Crippen LogP contribution in [0.25, 0.3) is 0 Å². The number of rotatable bonds is 87. The number of allylic oxidation sites excluding steroid dienone is 28. The van der Waals surface area contributed by atoms with E-state index in [0.29, 0.717) is 19.3 Å².